The maximum absolute atomic E-state index is 12.4. The van der Waals surface area contributed by atoms with Crippen LogP contribution in [-0.2, 0) is 4.79 Å². The summed E-state index contributed by atoms with van der Waals surface area (Å²) in [4.78, 5) is 25.3. The van der Waals surface area contributed by atoms with Gasteiger partial charge in [0.15, 0.2) is 0 Å². The van der Waals surface area contributed by atoms with Crippen molar-refractivity contribution in [2.45, 2.75) is 38.3 Å². The van der Waals surface area contributed by atoms with Crippen molar-refractivity contribution >= 4 is 17.9 Å². The molecule has 1 saturated heterocycles. The van der Waals surface area contributed by atoms with Crippen molar-refractivity contribution in [1.82, 2.24) is 4.90 Å². The third kappa shape index (κ3) is 3.95. The van der Waals surface area contributed by atoms with Gasteiger partial charge >= 0.3 is 0 Å². The molecule has 0 radical (unpaired) electrons. The number of nitrogens with zero attached hydrogens (tertiary/aromatic N) is 1. The molecule has 0 aliphatic carbocycles. The highest BCUT2D eigenvalue weighted by atomic mass is 16.2. The molecule has 0 aromatic heterocycles. The predicted molar refractivity (Wildman–Crippen MR) is 87.0 cm³/mol. The molecule has 5 heteroatoms. The number of benzene rings is 1. The van der Waals surface area contributed by atoms with Gasteiger partial charge in [0.2, 0.25) is 11.8 Å². The molecule has 22 heavy (non-hydrogen) atoms. The first-order chi connectivity index (χ1) is 10.5. The van der Waals surface area contributed by atoms with E-state index >= 15 is 0 Å². The highest BCUT2D eigenvalue weighted by molar-refractivity contribution is 5.94. The van der Waals surface area contributed by atoms with Gasteiger partial charge in [-0.1, -0.05) is 12.1 Å². The summed E-state index contributed by atoms with van der Waals surface area (Å²) in [6, 6.07) is 6.93. The molecule has 1 aromatic rings. The second-order valence-corrected chi connectivity index (χ2v) is 5.77. The van der Waals surface area contributed by atoms with Gasteiger partial charge in [0.1, 0.15) is 0 Å². The summed E-state index contributed by atoms with van der Waals surface area (Å²) < 4.78 is 0. The second kappa shape index (κ2) is 7.22. The molecule has 1 heterocycles. The highest BCUT2D eigenvalue weighted by Gasteiger charge is 2.27. The SMILES string of the molecule is CC(N)C1CCCCN1C(=O)/C=C/c1ccc(C(N)=O)cc1. The molecule has 1 aromatic carbocycles. The van der Waals surface area contributed by atoms with Gasteiger partial charge in [0.25, 0.3) is 0 Å². The fraction of sp³-hybridized carbons (Fsp3) is 0.412. The van der Waals surface area contributed by atoms with Crippen LogP contribution in [-0.4, -0.2) is 35.3 Å². The molecular formula is C17H23N3O2. The number of amides is 2. The Morgan fingerprint density at radius 2 is 1.95 bits per heavy atom. The fourth-order valence-electron chi connectivity index (χ4n) is 2.80. The molecule has 0 spiro atoms. The molecule has 2 unspecified atom stereocenters. The van der Waals surface area contributed by atoms with E-state index in [4.69, 9.17) is 11.5 Å². The van der Waals surface area contributed by atoms with E-state index in [2.05, 4.69) is 0 Å². The van der Waals surface area contributed by atoms with Crippen LogP contribution in [0, 0.1) is 0 Å². The zero-order chi connectivity index (χ0) is 16.1. The second-order valence-electron chi connectivity index (χ2n) is 5.77. The van der Waals surface area contributed by atoms with Crippen LogP contribution in [0.4, 0.5) is 0 Å². The average Bonchev–Trinajstić information content (AvgIpc) is 2.53. The summed E-state index contributed by atoms with van der Waals surface area (Å²) in [7, 11) is 0. The maximum Gasteiger partial charge on any atom is 0.248 e. The molecule has 1 aliphatic heterocycles. The Hall–Kier alpha value is -2.14. The predicted octanol–water partition coefficient (Wildman–Crippen LogP) is 1.53. The van der Waals surface area contributed by atoms with Gasteiger partial charge in [-0.3, -0.25) is 9.59 Å². The van der Waals surface area contributed by atoms with Crippen LogP contribution < -0.4 is 11.5 Å². The minimum Gasteiger partial charge on any atom is -0.366 e. The number of primary amides is 1. The fourth-order valence-corrected chi connectivity index (χ4v) is 2.80. The number of carbonyl (C=O) groups is 2. The van der Waals surface area contributed by atoms with E-state index < -0.39 is 5.91 Å². The molecule has 5 nitrogen and oxygen atoms in total. The van der Waals surface area contributed by atoms with Crippen molar-refractivity contribution in [1.29, 1.82) is 0 Å². The van der Waals surface area contributed by atoms with Crippen LogP contribution in [0.15, 0.2) is 30.3 Å². The monoisotopic (exact) mass is 301 g/mol. The Bertz CT molecular complexity index is 564. The van der Waals surface area contributed by atoms with E-state index in [0.717, 1.165) is 31.4 Å². The van der Waals surface area contributed by atoms with Gasteiger partial charge in [0.05, 0.1) is 0 Å². The van der Waals surface area contributed by atoms with Gasteiger partial charge in [-0.25, -0.2) is 0 Å². The Kier molecular flexibility index (Phi) is 5.33. The summed E-state index contributed by atoms with van der Waals surface area (Å²) in [6.07, 6.45) is 6.43. The number of rotatable bonds is 4. The topological polar surface area (TPSA) is 89.4 Å². The zero-order valence-corrected chi connectivity index (χ0v) is 12.9. The van der Waals surface area contributed by atoms with E-state index in [-0.39, 0.29) is 18.0 Å². The zero-order valence-electron chi connectivity index (χ0n) is 12.9. The van der Waals surface area contributed by atoms with Crippen LogP contribution in [0.25, 0.3) is 6.08 Å². The summed E-state index contributed by atoms with van der Waals surface area (Å²) in [6.45, 7) is 2.71. The number of carbonyl (C=O) groups excluding carboxylic acids is 2. The highest BCUT2D eigenvalue weighted by Crippen LogP contribution is 2.19. The van der Waals surface area contributed by atoms with Crippen molar-refractivity contribution in [2.75, 3.05) is 6.54 Å². The van der Waals surface area contributed by atoms with Gasteiger partial charge in [0, 0.05) is 30.3 Å². The van der Waals surface area contributed by atoms with Crippen LogP contribution in [0.2, 0.25) is 0 Å². The van der Waals surface area contributed by atoms with Crippen molar-refractivity contribution in [3.63, 3.8) is 0 Å². The van der Waals surface area contributed by atoms with Crippen LogP contribution in [0.5, 0.6) is 0 Å². The molecule has 2 rings (SSSR count). The average molecular weight is 301 g/mol. The third-order valence-corrected chi connectivity index (χ3v) is 4.05. The van der Waals surface area contributed by atoms with Crippen molar-refractivity contribution in [3.8, 4) is 0 Å². The van der Waals surface area contributed by atoms with Crippen molar-refractivity contribution < 1.29 is 9.59 Å². The Morgan fingerprint density at radius 3 is 2.55 bits per heavy atom. The lowest BCUT2D eigenvalue weighted by molar-refractivity contribution is -0.129. The van der Waals surface area contributed by atoms with Gasteiger partial charge in [-0.05, 0) is 50.0 Å². The van der Waals surface area contributed by atoms with Crippen molar-refractivity contribution in [3.05, 3.63) is 41.5 Å². The van der Waals surface area contributed by atoms with Crippen LogP contribution >= 0.6 is 0 Å². The molecule has 1 aliphatic rings. The normalized spacial score (nSPS) is 20.1. The maximum atomic E-state index is 12.4. The lowest BCUT2D eigenvalue weighted by Crippen LogP contribution is -2.51. The van der Waals surface area contributed by atoms with Gasteiger partial charge < -0.3 is 16.4 Å². The molecule has 1 fully saturated rings. The molecule has 2 atom stereocenters. The smallest absolute Gasteiger partial charge is 0.248 e. The largest absolute Gasteiger partial charge is 0.366 e. The van der Waals surface area contributed by atoms with E-state index in [1.165, 1.54) is 0 Å². The minimum atomic E-state index is -0.459. The van der Waals surface area contributed by atoms with Crippen molar-refractivity contribution in [2.24, 2.45) is 11.5 Å². The quantitative estimate of drug-likeness (QED) is 0.826. The molecule has 0 bridgehead atoms. The molecule has 4 N–H and O–H groups in total. The minimum absolute atomic E-state index is 0.0130. The Labute approximate surface area is 131 Å². The molecular weight excluding hydrogens is 278 g/mol. The standard InChI is InChI=1S/C17H23N3O2/c1-12(18)15-4-2-3-11-20(15)16(21)10-7-13-5-8-14(9-6-13)17(19)22/h5-10,12,15H,2-4,11,18H2,1H3,(H2,19,22)/b10-7+. The number of piperidine rings is 1. The van der Waals surface area contributed by atoms with Crippen LogP contribution in [0.3, 0.4) is 0 Å². The summed E-state index contributed by atoms with van der Waals surface area (Å²) in [5.74, 6) is -0.472. The number of hydrogen-bond acceptors (Lipinski definition) is 3. The van der Waals surface area contributed by atoms with E-state index in [9.17, 15) is 9.59 Å². The lowest BCUT2D eigenvalue weighted by Gasteiger charge is -2.37. The van der Waals surface area contributed by atoms with Gasteiger partial charge in [-0.2, -0.15) is 0 Å². The molecule has 118 valence electrons. The van der Waals surface area contributed by atoms with E-state index in [1.807, 2.05) is 11.8 Å². The van der Waals surface area contributed by atoms with Gasteiger partial charge in [-0.15, -0.1) is 0 Å². The Morgan fingerprint density at radius 1 is 1.27 bits per heavy atom. The number of hydrogen-bond donors (Lipinski definition) is 2. The first-order valence-electron chi connectivity index (χ1n) is 7.63. The first-order valence-corrected chi connectivity index (χ1v) is 7.63. The number of nitrogens with two attached hydrogens (primary N) is 2. The summed E-state index contributed by atoms with van der Waals surface area (Å²) >= 11 is 0. The molecule has 0 saturated carbocycles. The number of likely N-dealkylation sites (tertiary alicyclic amines) is 1. The lowest BCUT2D eigenvalue weighted by atomic mass is 9.97. The summed E-state index contributed by atoms with van der Waals surface area (Å²) in [5.41, 5.74) is 12.5. The van der Waals surface area contributed by atoms with E-state index in [1.54, 1.807) is 36.4 Å². The third-order valence-electron chi connectivity index (χ3n) is 4.05. The van der Waals surface area contributed by atoms with Crippen LogP contribution in [0.1, 0.15) is 42.1 Å². The first kappa shape index (κ1) is 16.2. The van der Waals surface area contributed by atoms with E-state index in [0.29, 0.717) is 5.56 Å². The Balaban J connectivity index is 2.05. The summed E-state index contributed by atoms with van der Waals surface area (Å²) in [5, 5.41) is 0. The molecule has 2 amide bonds.